The molecule has 0 spiro atoms. The lowest BCUT2D eigenvalue weighted by Gasteiger charge is -2.24. The van der Waals surface area contributed by atoms with Crippen LogP contribution in [-0.2, 0) is 4.79 Å². The van der Waals surface area contributed by atoms with Gasteiger partial charge < -0.3 is 10.6 Å². The van der Waals surface area contributed by atoms with Crippen LogP contribution < -0.4 is 10.6 Å². The molecule has 1 atom stereocenters. The number of rotatable bonds is 4. The molecule has 0 aromatic carbocycles. The molecule has 90 valence electrons. The summed E-state index contributed by atoms with van der Waals surface area (Å²) in [6.07, 6.45) is 2.26. The third-order valence-corrected chi connectivity index (χ3v) is 3.57. The van der Waals surface area contributed by atoms with E-state index in [1.807, 2.05) is 25.7 Å². The van der Waals surface area contributed by atoms with E-state index < -0.39 is 0 Å². The Hall–Kier alpha value is 0.0700. The van der Waals surface area contributed by atoms with E-state index in [0.717, 1.165) is 19.4 Å². The molecular weight excluding hydrogens is 232 g/mol. The zero-order valence-corrected chi connectivity index (χ0v) is 11.0. The van der Waals surface area contributed by atoms with Crippen LogP contribution in [0.1, 0.15) is 19.8 Å². The second kappa shape index (κ2) is 8.25. The fourth-order valence-electron chi connectivity index (χ4n) is 1.58. The van der Waals surface area contributed by atoms with Gasteiger partial charge in [-0.05, 0) is 31.4 Å². The van der Waals surface area contributed by atoms with Gasteiger partial charge in [0.1, 0.15) is 0 Å². The first-order chi connectivity index (χ1) is 6.74. The van der Waals surface area contributed by atoms with E-state index >= 15 is 0 Å². The van der Waals surface area contributed by atoms with E-state index in [4.69, 9.17) is 0 Å². The summed E-state index contributed by atoms with van der Waals surface area (Å²) < 4.78 is 0. The lowest BCUT2D eigenvalue weighted by molar-refractivity contribution is -0.125. The zero-order valence-electron chi connectivity index (χ0n) is 9.41. The predicted octanol–water partition coefficient (Wildman–Crippen LogP) is 1.28. The van der Waals surface area contributed by atoms with Gasteiger partial charge in [0.2, 0.25) is 5.91 Å². The third kappa shape index (κ3) is 5.64. The first-order valence-corrected chi connectivity index (χ1v) is 6.42. The molecule has 0 aromatic heterocycles. The summed E-state index contributed by atoms with van der Waals surface area (Å²) in [7, 11) is 1.88. The Balaban J connectivity index is 0.00000196. The fraction of sp³-hybridized carbons (Fsp3) is 0.900. The van der Waals surface area contributed by atoms with Crippen molar-refractivity contribution in [3.05, 3.63) is 0 Å². The van der Waals surface area contributed by atoms with Gasteiger partial charge in [-0.1, -0.05) is 6.92 Å². The zero-order chi connectivity index (χ0) is 10.4. The van der Waals surface area contributed by atoms with E-state index in [-0.39, 0.29) is 24.2 Å². The van der Waals surface area contributed by atoms with Gasteiger partial charge in [-0.3, -0.25) is 4.79 Å². The highest BCUT2D eigenvalue weighted by molar-refractivity contribution is 7.99. The van der Waals surface area contributed by atoms with Crippen molar-refractivity contribution in [3.8, 4) is 0 Å². The highest BCUT2D eigenvalue weighted by Gasteiger charge is 2.18. The van der Waals surface area contributed by atoms with E-state index in [9.17, 15) is 4.79 Å². The van der Waals surface area contributed by atoms with Crippen molar-refractivity contribution < 1.29 is 4.79 Å². The third-order valence-electron chi connectivity index (χ3n) is 2.53. The van der Waals surface area contributed by atoms with E-state index in [0.29, 0.717) is 6.04 Å². The van der Waals surface area contributed by atoms with Gasteiger partial charge in [-0.2, -0.15) is 11.8 Å². The molecular formula is C10H21ClN2OS. The number of nitrogens with one attached hydrogen (secondary N) is 2. The van der Waals surface area contributed by atoms with Crippen molar-refractivity contribution in [1.82, 2.24) is 10.6 Å². The fourth-order valence-corrected chi connectivity index (χ4v) is 2.69. The van der Waals surface area contributed by atoms with Gasteiger partial charge in [0, 0.05) is 18.5 Å². The molecule has 1 aliphatic rings. The molecule has 0 saturated carbocycles. The minimum atomic E-state index is 0. The van der Waals surface area contributed by atoms with Crippen molar-refractivity contribution in [2.45, 2.75) is 25.8 Å². The summed E-state index contributed by atoms with van der Waals surface area (Å²) in [5.41, 5.74) is 0. The SMILES string of the molecule is CNCC(C)C(=O)NC1CCSCC1.Cl. The van der Waals surface area contributed by atoms with Gasteiger partial charge >= 0.3 is 0 Å². The molecule has 2 N–H and O–H groups in total. The van der Waals surface area contributed by atoms with Crippen LogP contribution >= 0.6 is 24.2 Å². The predicted molar refractivity (Wildman–Crippen MR) is 68.8 cm³/mol. The summed E-state index contributed by atoms with van der Waals surface area (Å²) in [5.74, 6) is 2.64. The number of carbonyl (C=O) groups excluding carboxylic acids is 1. The molecule has 1 saturated heterocycles. The first-order valence-electron chi connectivity index (χ1n) is 5.26. The molecule has 0 radical (unpaired) electrons. The smallest absolute Gasteiger partial charge is 0.224 e. The maximum atomic E-state index is 11.6. The van der Waals surface area contributed by atoms with Gasteiger partial charge in [0.05, 0.1) is 0 Å². The van der Waals surface area contributed by atoms with Crippen LogP contribution in [0.2, 0.25) is 0 Å². The second-order valence-corrected chi connectivity index (χ2v) is 5.08. The van der Waals surface area contributed by atoms with Crippen molar-refractivity contribution in [2.75, 3.05) is 25.1 Å². The largest absolute Gasteiger partial charge is 0.353 e. The van der Waals surface area contributed by atoms with Crippen LogP contribution in [0.3, 0.4) is 0 Å². The molecule has 15 heavy (non-hydrogen) atoms. The Kier molecular flexibility index (Phi) is 8.29. The normalized spacial score (nSPS) is 19.1. The summed E-state index contributed by atoms with van der Waals surface area (Å²) in [6, 6.07) is 0.419. The molecule has 1 unspecified atom stereocenters. The summed E-state index contributed by atoms with van der Waals surface area (Å²) in [4.78, 5) is 11.6. The number of hydrogen-bond acceptors (Lipinski definition) is 3. The number of amides is 1. The van der Waals surface area contributed by atoms with Crippen LogP contribution in [-0.4, -0.2) is 37.0 Å². The molecule has 1 aliphatic heterocycles. The lowest BCUT2D eigenvalue weighted by atomic mass is 10.1. The van der Waals surface area contributed by atoms with Crippen LogP contribution in [0, 0.1) is 5.92 Å². The standard InChI is InChI=1S/C10H20N2OS.ClH/c1-8(7-11-2)10(13)12-9-3-5-14-6-4-9;/h8-9,11H,3-7H2,1-2H3,(H,12,13);1H. The Morgan fingerprint density at radius 3 is 2.60 bits per heavy atom. The minimum absolute atomic E-state index is 0. The lowest BCUT2D eigenvalue weighted by Crippen LogP contribution is -2.42. The highest BCUT2D eigenvalue weighted by atomic mass is 35.5. The maximum Gasteiger partial charge on any atom is 0.224 e. The van der Waals surface area contributed by atoms with Gasteiger partial charge in [-0.15, -0.1) is 12.4 Å². The van der Waals surface area contributed by atoms with Crippen molar-refractivity contribution in [3.63, 3.8) is 0 Å². The molecule has 0 aliphatic carbocycles. The molecule has 1 heterocycles. The number of thioether (sulfide) groups is 1. The van der Waals surface area contributed by atoms with Crippen LogP contribution in [0.25, 0.3) is 0 Å². The van der Waals surface area contributed by atoms with E-state index in [1.54, 1.807) is 0 Å². The van der Waals surface area contributed by atoms with Gasteiger partial charge in [0.15, 0.2) is 0 Å². The van der Waals surface area contributed by atoms with Gasteiger partial charge in [0.25, 0.3) is 0 Å². The molecule has 0 aromatic rings. The topological polar surface area (TPSA) is 41.1 Å². The van der Waals surface area contributed by atoms with Crippen molar-refractivity contribution in [1.29, 1.82) is 0 Å². The molecule has 1 rings (SSSR count). The minimum Gasteiger partial charge on any atom is -0.353 e. The molecule has 1 amide bonds. The monoisotopic (exact) mass is 252 g/mol. The molecule has 5 heteroatoms. The quantitative estimate of drug-likeness (QED) is 0.792. The van der Waals surface area contributed by atoms with Crippen LogP contribution in [0.4, 0.5) is 0 Å². The van der Waals surface area contributed by atoms with Gasteiger partial charge in [-0.25, -0.2) is 0 Å². The Morgan fingerprint density at radius 1 is 1.47 bits per heavy atom. The van der Waals surface area contributed by atoms with E-state index in [2.05, 4.69) is 10.6 Å². The Morgan fingerprint density at radius 2 is 2.07 bits per heavy atom. The summed E-state index contributed by atoms with van der Waals surface area (Å²) in [5, 5.41) is 6.13. The second-order valence-electron chi connectivity index (χ2n) is 3.85. The van der Waals surface area contributed by atoms with Crippen molar-refractivity contribution in [2.24, 2.45) is 5.92 Å². The number of carbonyl (C=O) groups is 1. The summed E-state index contributed by atoms with van der Waals surface area (Å²) >= 11 is 1.98. The average molecular weight is 253 g/mol. The van der Waals surface area contributed by atoms with E-state index in [1.165, 1.54) is 11.5 Å². The Bertz CT molecular complexity index is 186. The molecule has 3 nitrogen and oxygen atoms in total. The number of hydrogen-bond donors (Lipinski definition) is 2. The Labute approximate surface area is 103 Å². The van der Waals surface area contributed by atoms with Crippen LogP contribution in [0.5, 0.6) is 0 Å². The molecule has 0 bridgehead atoms. The van der Waals surface area contributed by atoms with Crippen LogP contribution in [0.15, 0.2) is 0 Å². The summed E-state index contributed by atoms with van der Waals surface area (Å²) in [6.45, 7) is 2.72. The first kappa shape index (κ1) is 15.1. The maximum absolute atomic E-state index is 11.6. The van der Waals surface area contributed by atoms with Crippen molar-refractivity contribution >= 4 is 30.1 Å². The average Bonchev–Trinajstić information content (AvgIpc) is 2.19. The number of halogens is 1. The molecule has 1 fully saturated rings. The highest BCUT2D eigenvalue weighted by Crippen LogP contribution is 2.17.